The van der Waals surface area contributed by atoms with Gasteiger partial charge in [0.1, 0.15) is 0 Å². The first kappa shape index (κ1) is 20.0. The highest BCUT2D eigenvalue weighted by atomic mass is 16.2. The van der Waals surface area contributed by atoms with Gasteiger partial charge in [-0.15, -0.1) is 0 Å². The molecule has 1 aliphatic heterocycles. The average Bonchev–Trinajstić information content (AvgIpc) is 2.78. The van der Waals surface area contributed by atoms with Crippen LogP contribution in [0.1, 0.15) is 28.7 Å². The second-order valence-corrected chi connectivity index (χ2v) is 7.51. The Hall–Kier alpha value is -3.26. The second kappa shape index (κ2) is 8.62. The van der Waals surface area contributed by atoms with Gasteiger partial charge in [-0.3, -0.25) is 14.5 Å². The number of H-pyrrole nitrogens is 1. The van der Waals surface area contributed by atoms with Gasteiger partial charge in [0.2, 0.25) is 5.82 Å². The van der Waals surface area contributed by atoms with Gasteiger partial charge in [0.15, 0.2) is 0 Å². The van der Waals surface area contributed by atoms with Crippen molar-refractivity contribution in [3.8, 4) is 0 Å². The molecule has 0 radical (unpaired) electrons. The highest BCUT2D eigenvalue weighted by molar-refractivity contribution is 5.90. The number of aromatic nitrogens is 3. The number of aryl methyl sites for hydroxylation is 1. The Balaban J connectivity index is 1.38. The summed E-state index contributed by atoms with van der Waals surface area (Å²) in [5, 5.41) is 3.59. The number of benzene rings is 1. The molecular formula is C22H26N6O2. The van der Waals surface area contributed by atoms with Crippen molar-refractivity contribution in [2.45, 2.75) is 19.9 Å². The van der Waals surface area contributed by atoms with E-state index in [0.717, 1.165) is 61.3 Å². The van der Waals surface area contributed by atoms with Crippen LogP contribution >= 0.6 is 0 Å². The average molecular weight is 406 g/mol. The van der Waals surface area contributed by atoms with E-state index in [4.69, 9.17) is 0 Å². The van der Waals surface area contributed by atoms with E-state index in [9.17, 15) is 9.59 Å². The lowest BCUT2D eigenvalue weighted by Crippen LogP contribution is -2.46. The number of nitrogens with zero attached hydrogens (tertiary/aromatic N) is 4. The van der Waals surface area contributed by atoms with Crippen molar-refractivity contribution in [2.75, 3.05) is 38.1 Å². The van der Waals surface area contributed by atoms with Crippen LogP contribution < -0.4 is 15.8 Å². The van der Waals surface area contributed by atoms with Gasteiger partial charge in [-0.2, -0.15) is 0 Å². The van der Waals surface area contributed by atoms with Gasteiger partial charge in [0.25, 0.3) is 11.5 Å². The van der Waals surface area contributed by atoms with Crippen LogP contribution in [-0.2, 0) is 13.0 Å². The summed E-state index contributed by atoms with van der Waals surface area (Å²) in [6.07, 6.45) is 4.14. The first-order chi connectivity index (χ1) is 14.6. The molecule has 3 aromatic rings. The summed E-state index contributed by atoms with van der Waals surface area (Å²) in [6, 6.07) is 8.28. The van der Waals surface area contributed by atoms with Crippen LogP contribution in [0.15, 0.2) is 41.5 Å². The Labute approximate surface area is 175 Å². The fraction of sp³-hybridized carbons (Fsp3) is 0.364. The number of piperazine rings is 1. The van der Waals surface area contributed by atoms with Crippen LogP contribution in [0.3, 0.4) is 0 Å². The molecule has 3 heterocycles. The highest BCUT2D eigenvalue weighted by Crippen LogP contribution is 2.18. The van der Waals surface area contributed by atoms with Gasteiger partial charge < -0.3 is 15.2 Å². The zero-order valence-electron chi connectivity index (χ0n) is 17.3. The molecule has 30 heavy (non-hydrogen) atoms. The number of aromatic amines is 1. The van der Waals surface area contributed by atoms with E-state index in [1.807, 2.05) is 13.0 Å². The maximum Gasteiger partial charge on any atom is 0.288 e. The molecule has 156 valence electrons. The summed E-state index contributed by atoms with van der Waals surface area (Å²) in [4.78, 5) is 39.6. The molecule has 2 aromatic heterocycles. The van der Waals surface area contributed by atoms with Gasteiger partial charge in [-0.25, -0.2) is 9.97 Å². The van der Waals surface area contributed by atoms with E-state index < -0.39 is 0 Å². The standard InChI is InChI=1S/C22H26N6O2/c1-3-16-11-17-5-4-15(10-19(17)26-21(16)29)14-27-6-8-28(9-7-27)18-12-24-20(25-13-18)22(30)23-2/h4-5,10-13H,3,6-9,14H2,1-2H3,(H,23,30)(H,26,29). The van der Waals surface area contributed by atoms with Crippen molar-refractivity contribution in [3.63, 3.8) is 0 Å². The molecule has 8 nitrogen and oxygen atoms in total. The third kappa shape index (κ3) is 4.18. The van der Waals surface area contributed by atoms with Crippen molar-refractivity contribution >= 4 is 22.5 Å². The highest BCUT2D eigenvalue weighted by Gasteiger charge is 2.18. The lowest BCUT2D eigenvalue weighted by molar-refractivity contribution is 0.0952. The minimum Gasteiger partial charge on any atom is -0.366 e. The third-order valence-electron chi connectivity index (χ3n) is 5.58. The number of anilines is 1. The monoisotopic (exact) mass is 406 g/mol. The SMILES string of the molecule is CCc1cc2ccc(CN3CCN(c4cnc(C(=O)NC)nc4)CC3)cc2[nH]c1=O. The number of amides is 1. The zero-order chi connectivity index (χ0) is 21.1. The first-order valence-electron chi connectivity index (χ1n) is 10.2. The minimum absolute atomic E-state index is 0.000389. The van der Waals surface area contributed by atoms with E-state index in [0.29, 0.717) is 0 Å². The van der Waals surface area contributed by atoms with Crippen LogP contribution in [0.25, 0.3) is 10.9 Å². The van der Waals surface area contributed by atoms with Gasteiger partial charge in [0.05, 0.1) is 18.1 Å². The number of carbonyl (C=O) groups excluding carboxylic acids is 1. The summed E-state index contributed by atoms with van der Waals surface area (Å²) >= 11 is 0. The minimum atomic E-state index is -0.283. The second-order valence-electron chi connectivity index (χ2n) is 7.51. The van der Waals surface area contributed by atoms with Crippen molar-refractivity contribution in [1.82, 2.24) is 25.2 Å². The molecule has 0 atom stereocenters. The summed E-state index contributed by atoms with van der Waals surface area (Å²) in [7, 11) is 1.56. The fourth-order valence-electron chi connectivity index (χ4n) is 3.79. The summed E-state index contributed by atoms with van der Waals surface area (Å²) in [6.45, 7) is 6.40. The summed E-state index contributed by atoms with van der Waals surface area (Å²) in [5.74, 6) is -0.102. The van der Waals surface area contributed by atoms with Crippen LogP contribution in [-0.4, -0.2) is 59.0 Å². The molecule has 8 heteroatoms. The van der Waals surface area contributed by atoms with Gasteiger partial charge in [-0.05, 0) is 29.5 Å². The lowest BCUT2D eigenvalue weighted by atomic mass is 10.1. The quantitative estimate of drug-likeness (QED) is 0.668. The molecule has 2 N–H and O–H groups in total. The Morgan fingerprint density at radius 3 is 2.53 bits per heavy atom. The van der Waals surface area contributed by atoms with E-state index >= 15 is 0 Å². The molecule has 0 bridgehead atoms. The molecule has 0 spiro atoms. The van der Waals surface area contributed by atoms with Crippen LogP contribution in [0.2, 0.25) is 0 Å². The number of rotatable bonds is 5. The Morgan fingerprint density at radius 1 is 1.13 bits per heavy atom. The Morgan fingerprint density at radius 2 is 1.87 bits per heavy atom. The third-order valence-corrected chi connectivity index (χ3v) is 5.58. The van der Waals surface area contributed by atoms with E-state index in [1.54, 1.807) is 19.4 Å². The predicted octanol–water partition coefficient (Wildman–Crippen LogP) is 1.56. The van der Waals surface area contributed by atoms with Gasteiger partial charge in [-0.1, -0.05) is 19.1 Å². The predicted molar refractivity (Wildman–Crippen MR) is 117 cm³/mol. The largest absolute Gasteiger partial charge is 0.366 e. The molecule has 1 fully saturated rings. The molecule has 4 rings (SSSR count). The summed E-state index contributed by atoms with van der Waals surface area (Å²) in [5.41, 5.74) is 3.83. The molecule has 1 saturated heterocycles. The van der Waals surface area contributed by atoms with Crippen molar-refractivity contribution in [2.24, 2.45) is 0 Å². The number of hydrogen-bond acceptors (Lipinski definition) is 6. The number of carbonyl (C=O) groups is 1. The Kier molecular flexibility index (Phi) is 5.76. The summed E-state index contributed by atoms with van der Waals surface area (Å²) < 4.78 is 0. The maximum absolute atomic E-state index is 12.1. The van der Waals surface area contributed by atoms with E-state index in [1.165, 1.54) is 5.56 Å². The molecule has 1 amide bonds. The smallest absolute Gasteiger partial charge is 0.288 e. The molecule has 1 aromatic carbocycles. The zero-order valence-corrected chi connectivity index (χ0v) is 17.3. The van der Waals surface area contributed by atoms with Crippen LogP contribution in [0, 0.1) is 0 Å². The lowest BCUT2D eigenvalue weighted by Gasteiger charge is -2.35. The topological polar surface area (TPSA) is 94.2 Å². The molecule has 1 aliphatic rings. The van der Waals surface area contributed by atoms with Crippen molar-refractivity contribution in [3.05, 3.63) is 64.0 Å². The maximum atomic E-state index is 12.1. The van der Waals surface area contributed by atoms with E-state index in [2.05, 4.69) is 48.3 Å². The van der Waals surface area contributed by atoms with Crippen molar-refractivity contribution in [1.29, 1.82) is 0 Å². The normalized spacial score (nSPS) is 14.8. The molecule has 0 aliphatic carbocycles. The molecule has 0 unspecified atom stereocenters. The van der Waals surface area contributed by atoms with Crippen molar-refractivity contribution < 1.29 is 4.79 Å². The van der Waals surface area contributed by atoms with Crippen LogP contribution in [0.5, 0.6) is 0 Å². The first-order valence-corrected chi connectivity index (χ1v) is 10.2. The fourth-order valence-corrected chi connectivity index (χ4v) is 3.79. The number of pyridine rings is 1. The number of nitrogens with one attached hydrogen (secondary N) is 2. The van der Waals surface area contributed by atoms with Crippen LogP contribution in [0.4, 0.5) is 5.69 Å². The molecule has 0 saturated carbocycles. The number of fused-ring (bicyclic) bond motifs is 1. The van der Waals surface area contributed by atoms with Gasteiger partial charge in [0, 0.05) is 50.9 Å². The van der Waals surface area contributed by atoms with E-state index in [-0.39, 0.29) is 17.3 Å². The van der Waals surface area contributed by atoms with Gasteiger partial charge >= 0.3 is 0 Å². The number of hydrogen-bond donors (Lipinski definition) is 2. The Bertz CT molecular complexity index is 1100. The molecular weight excluding hydrogens is 380 g/mol.